The Morgan fingerprint density at radius 1 is 1.26 bits per heavy atom. The number of nitrogens with one attached hydrogen (secondary N) is 1. The molecule has 0 saturated carbocycles. The van der Waals surface area contributed by atoms with Crippen LogP contribution in [-0.4, -0.2) is 32.2 Å². The van der Waals surface area contributed by atoms with Crippen molar-refractivity contribution >= 4 is 11.9 Å². The molecule has 0 aromatic heterocycles. The van der Waals surface area contributed by atoms with E-state index in [4.69, 9.17) is 9.47 Å². The molecule has 0 amide bonds. The second-order valence-electron chi connectivity index (χ2n) is 3.88. The van der Waals surface area contributed by atoms with Crippen LogP contribution in [0, 0.1) is 0 Å². The molecule has 1 aromatic carbocycles. The minimum absolute atomic E-state index is 0.226. The van der Waals surface area contributed by atoms with Gasteiger partial charge in [-0.1, -0.05) is 18.2 Å². The smallest absolute Gasteiger partial charge is 0.338 e. The van der Waals surface area contributed by atoms with Crippen molar-refractivity contribution in [3.63, 3.8) is 0 Å². The lowest BCUT2D eigenvalue weighted by Gasteiger charge is -2.08. The molecule has 0 unspecified atom stereocenters. The maximum Gasteiger partial charge on any atom is 0.338 e. The van der Waals surface area contributed by atoms with E-state index in [1.165, 1.54) is 7.11 Å². The zero-order chi connectivity index (χ0) is 14.1. The molecule has 5 heteroatoms. The Labute approximate surface area is 112 Å². The van der Waals surface area contributed by atoms with E-state index in [2.05, 4.69) is 5.32 Å². The average molecular weight is 265 g/mol. The second kappa shape index (κ2) is 8.26. The molecule has 0 saturated heterocycles. The van der Waals surface area contributed by atoms with Gasteiger partial charge in [-0.25, -0.2) is 4.79 Å². The summed E-state index contributed by atoms with van der Waals surface area (Å²) >= 11 is 0. The number of hydrogen-bond donors (Lipinski definition) is 1. The van der Waals surface area contributed by atoms with Crippen LogP contribution in [0.15, 0.2) is 24.3 Å². The van der Waals surface area contributed by atoms with Crippen molar-refractivity contribution in [1.82, 2.24) is 5.32 Å². The fourth-order valence-electron chi connectivity index (χ4n) is 1.63. The van der Waals surface area contributed by atoms with Crippen molar-refractivity contribution in [1.29, 1.82) is 0 Å². The molecule has 19 heavy (non-hydrogen) atoms. The number of methoxy groups -OCH3 is 1. The van der Waals surface area contributed by atoms with E-state index in [1.807, 2.05) is 12.1 Å². The van der Waals surface area contributed by atoms with Gasteiger partial charge in [-0.15, -0.1) is 0 Å². The van der Waals surface area contributed by atoms with Crippen LogP contribution >= 0.6 is 0 Å². The minimum atomic E-state index is -0.359. The highest BCUT2D eigenvalue weighted by molar-refractivity contribution is 5.90. The second-order valence-corrected chi connectivity index (χ2v) is 3.88. The van der Waals surface area contributed by atoms with Crippen molar-refractivity contribution in [2.75, 3.05) is 20.3 Å². The van der Waals surface area contributed by atoms with Crippen LogP contribution in [0.3, 0.4) is 0 Å². The molecule has 0 aliphatic carbocycles. The van der Waals surface area contributed by atoms with Gasteiger partial charge in [-0.05, 0) is 18.6 Å². The molecule has 0 heterocycles. The molecule has 0 atom stereocenters. The molecular weight excluding hydrogens is 246 g/mol. The predicted molar refractivity (Wildman–Crippen MR) is 70.7 cm³/mol. The number of carbonyl (C=O) groups is 2. The molecule has 0 fully saturated rings. The SMILES string of the molecule is CCOC(=O)CCNCc1ccccc1C(=O)OC. The van der Waals surface area contributed by atoms with Crippen LogP contribution in [0.25, 0.3) is 0 Å². The summed E-state index contributed by atoms with van der Waals surface area (Å²) < 4.78 is 9.53. The van der Waals surface area contributed by atoms with E-state index in [0.717, 1.165) is 5.56 Å². The Kier molecular flexibility index (Phi) is 6.60. The minimum Gasteiger partial charge on any atom is -0.466 e. The standard InChI is InChI=1S/C14H19NO4/c1-3-19-13(16)8-9-15-10-11-6-4-5-7-12(11)14(17)18-2/h4-7,15H,3,8-10H2,1-2H3. The van der Waals surface area contributed by atoms with Gasteiger partial charge >= 0.3 is 11.9 Å². The molecular formula is C14H19NO4. The van der Waals surface area contributed by atoms with Crippen molar-refractivity contribution in [2.45, 2.75) is 19.9 Å². The Morgan fingerprint density at radius 2 is 2.00 bits per heavy atom. The third-order valence-corrected chi connectivity index (χ3v) is 2.55. The van der Waals surface area contributed by atoms with E-state index in [9.17, 15) is 9.59 Å². The lowest BCUT2D eigenvalue weighted by molar-refractivity contribution is -0.142. The first-order valence-electron chi connectivity index (χ1n) is 6.21. The van der Waals surface area contributed by atoms with E-state index in [-0.39, 0.29) is 11.9 Å². The van der Waals surface area contributed by atoms with E-state index in [1.54, 1.807) is 19.1 Å². The molecule has 5 nitrogen and oxygen atoms in total. The summed E-state index contributed by atoms with van der Waals surface area (Å²) in [4.78, 5) is 22.7. The first-order valence-corrected chi connectivity index (χ1v) is 6.21. The van der Waals surface area contributed by atoms with Gasteiger partial charge in [-0.2, -0.15) is 0 Å². The summed E-state index contributed by atoms with van der Waals surface area (Å²) in [5.74, 6) is -0.584. The van der Waals surface area contributed by atoms with Crippen LogP contribution in [0.4, 0.5) is 0 Å². The third-order valence-electron chi connectivity index (χ3n) is 2.55. The Bertz CT molecular complexity index is 431. The average Bonchev–Trinajstić information content (AvgIpc) is 2.43. The number of rotatable bonds is 7. The summed E-state index contributed by atoms with van der Waals surface area (Å²) in [5, 5.41) is 3.10. The monoisotopic (exact) mass is 265 g/mol. The van der Waals surface area contributed by atoms with Crippen molar-refractivity contribution < 1.29 is 19.1 Å². The summed E-state index contributed by atoms with van der Waals surface area (Å²) in [7, 11) is 1.35. The number of ether oxygens (including phenoxy) is 2. The van der Waals surface area contributed by atoms with Crippen LogP contribution in [0.1, 0.15) is 29.3 Å². The van der Waals surface area contributed by atoms with Gasteiger partial charge in [0.25, 0.3) is 0 Å². The van der Waals surface area contributed by atoms with Crippen molar-refractivity contribution in [3.8, 4) is 0 Å². The fourth-order valence-corrected chi connectivity index (χ4v) is 1.63. The van der Waals surface area contributed by atoms with Gasteiger partial charge in [0.05, 0.1) is 25.7 Å². The number of carbonyl (C=O) groups excluding carboxylic acids is 2. The molecule has 0 bridgehead atoms. The van der Waals surface area contributed by atoms with E-state index >= 15 is 0 Å². The summed E-state index contributed by atoms with van der Waals surface area (Å²) in [6.45, 7) is 3.18. The van der Waals surface area contributed by atoms with Crippen LogP contribution in [0.2, 0.25) is 0 Å². The third kappa shape index (κ3) is 5.09. The van der Waals surface area contributed by atoms with Crippen LogP contribution in [-0.2, 0) is 20.8 Å². The summed E-state index contributed by atoms with van der Waals surface area (Å²) in [5.41, 5.74) is 1.38. The molecule has 0 spiro atoms. The van der Waals surface area contributed by atoms with Crippen molar-refractivity contribution in [2.24, 2.45) is 0 Å². The normalized spacial score (nSPS) is 10.0. The molecule has 1 N–H and O–H groups in total. The highest BCUT2D eigenvalue weighted by atomic mass is 16.5. The molecule has 1 aromatic rings. The number of hydrogen-bond acceptors (Lipinski definition) is 5. The Hall–Kier alpha value is -1.88. The van der Waals surface area contributed by atoms with E-state index in [0.29, 0.717) is 31.7 Å². The Morgan fingerprint density at radius 3 is 2.68 bits per heavy atom. The summed E-state index contributed by atoms with van der Waals surface area (Å²) in [6.07, 6.45) is 0.314. The molecule has 0 aliphatic heterocycles. The topological polar surface area (TPSA) is 64.6 Å². The van der Waals surface area contributed by atoms with Gasteiger partial charge in [0.2, 0.25) is 0 Å². The lowest BCUT2D eigenvalue weighted by atomic mass is 10.1. The number of esters is 2. The lowest BCUT2D eigenvalue weighted by Crippen LogP contribution is -2.20. The maximum atomic E-state index is 11.5. The summed E-state index contributed by atoms with van der Waals surface area (Å²) in [6, 6.07) is 7.21. The van der Waals surface area contributed by atoms with Gasteiger partial charge in [0.1, 0.15) is 0 Å². The molecule has 0 radical (unpaired) electrons. The Balaban J connectivity index is 2.45. The van der Waals surface area contributed by atoms with Gasteiger partial charge in [0.15, 0.2) is 0 Å². The highest BCUT2D eigenvalue weighted by Gasteiger charge is 2.10. The molecule has 1 rings (SSSR count). The highest BCUT2D eigenvalue weighted by Crippen LogP contribution is 2.09. The van der Waals surface area contributed by atoms with E-state index < -0.39 is 0 Å². The van der Waals surface area contributed by atoms with Crippen LogP contribution in [0.5, 0.6) is 0 Å². The van der Waals surface area contributed by atoms with Gasteiger partial charge < -0.3 is 14.8 Å². The van der Waals surface area contributed by atoms with Crippen LogP contribution < -0.4 is 5.32 Å². The fraction of sp³-hybridized carbons (Fsp3) is 0.429. The molecule has 0 aliphatic rings. The zero-order valence-corrected chi connectivity index (χ0v) is 11.3. The number of benzene rings is 1. The first kappa shape index (κ1) is 15.2. The molecule has 104 valence electrons. The predicted octanol–water partition coefficient (Wildman–Crippen LogP) is 1.52. The maximum absolute atomic E-state index is 11.5. The van der Waals surface area contributed by atoms with Gasteiger partial charge in [0, 0.05) is 13.1 Å². The van der Waals surface area contributed by atoms with Gasteiger partial charge in [-0.3, -0.25) is 4.79 Å². The zero-order valence-electron chi connectivity index (χ0n) is 11.3. The van der Waals surface area contributed by atoms with Crippen molar-refractivity contribution in [3.05, 3.63) is 35.4 Å². The quantitative estimate of drug-likeness (QED) is 0.598. The first-order chi connectivity index (χ1) is 9.19. The largest absolute Gasteiger partial charge is 0.466 e.